The van der Waals surface area contributed by atoms with Crippen LogP contribution in [0.3, 0.4) is 0 Å². The molecule has 1 aliphatic rings. The first-order valence-corrected chi connectivity index (χ1v) is 10.5. The summed E-state index contributed by atoms with van der Waals surface area (Å²) < 4.78 is 46.7. The molecule has 1 saturated carbocycles. The summed E-state index contributed by atoms with van der Waals surface area (Å²) >= 11 is 0. The second-order valence-electron chi connectivity index (χ2n) is 8.12. The highest BCUT2D eigenvalue weighted by Gasteiger charge is 2.35. The number of halogens is 3. The number of aromatic nitrogens is 5. The minimum atomic E-state index is -4.58. The number of ether oxygens (including phenoxy) is 1. The molecule has 0 bridgehead atoms. The Labute approximate surface area is 188 Å². The fourth-order valence-corrected chi connectivity index (χ4v) is 3.29. The first-order valence-electron chi connectivity index (χ1n) is 10.5. The van der Waals surface area contributed by atoms with Crippen molar-refractivity contribution in [2.24, 2.45) is 0 Å². The Morgan fingerprint density at radius 3 is 2.64 bits per heavy atom. The molecule has 0 atom stereocenters. The number of esters is 1. The number of nitrogens with zero attached hydrogens (tertiary/aromatic N) is 5. The van der Waals surface area contributed by atoms with E-state index in [9.17, 15) is 18.0 Å². The monoisotopic (exact) mass is 457 g/mol. The number of rotatable bonds is 6. The van der Waals surface area contributed by atoms with Crippen LogP contribution in [-0.2, 0) is 15.7 Å². The Bertz CT molecular complexity index is 1210. The minimum absolute atomic E-state index is 0.0268. The highest BCUT2D eigenvalue weighted by molar-refractivity contribution is 6.20. The number of aryl methyl sites for hydroxylation is 1. The summed E-state index contributed by atoms with van der Waals surface area (Å²) in [5, 5.41) is 4.29. The Kier molecular flexibility index (Phi) is 6.01. The lowest BCUT2D eigenvalue weighted by Crippen LogP contribution is -2.14. The summed E-state index contributed by atoms with van der Waals surface area (Å²) in [6, 6.07) is 5.96. The van der Waals surface area contributed by atoms with Crippen molar-refractivity contribution < 1.29 is 22.7 Å². The van der Waals surface area contributed by atoms with Crippen LogP contribution < -0.4 is 0 Å². The SMILES string of the molecule is Cc1ncccc1/C(=C\n1cnc(-c2cc(C3CC3)nc(C(F)(F)F)c2)n1)C(=O)OC(C)C. The summed E-state index contributed by atoms with van der Waals surface area (Å²) in [6.45, 7) is 5.23. The predicted molar refractivity (Wildman–Crippen MR) is 115 cm³/mol. The van der Waals surface area contributed by atoms with Gasteiger partial charge in [0.2, 0.25) is 0 Å². The van der Waals surface area contributed by atoms with E-state index in [4.69, 9.17) is 4.74 Å². The third-order valence-electron chi connectivity index (χ3n) is 5.02. The molecule has 0 amide bonds. The second kappa shape index (κ2) is 8.76. The number of pyridine rings is 2. The van der Waals surface area contributed by atoms with Gasteiger partial charge in [-0.3, -0.25) is 4.98 Å². The van der Waals surface area contributed by atoms with Crippen LogP contribution in [0.4, 0.5) is 13.2 Å². The Balaban J connectivity index is 1.74. The lowest BCUT2D eigenvalue weighted by molar-refractivity contribution is -0.141. The zero-order chi connectivity index (χ0) is 23.8. The van der Waals surface area contributed by atoms with E-state index in [1.54, 1.807) is 45.2 Å². The number of hydrogen-bond donors (Lipinski definition) is 0. The van der Waals surface area contributed by atoms with Crippen molar-refractivity contribution >= 4 is 17.7 Å². The maximum Gasteiger partial charge on any atom is 0.433 e. The van der Waals surface area contributed by atoms with E-state index in [1.165, 1.54) is 17.2 Å². The first kappa shape index (κ1) is 22.6. The number of carbonyl (C=O) groups excluding carboxylic acids is 1. The van der Waals surface area contributed by atoms with Crippen LogP contribution in [0.15, 0.2) is 36.8 Å². The van der Waals surface area contributed by atoms with Gasteiger partial charge < -0.3 is 4.74 Å². The summed E-state index contributed by atoms with van der Waals surface area (Å²) in [7, 11) is 0. The van der Waals surface area contributed by atoms with Gasteiger partial charge in [0.25, 0.3) is 0 Å². The van der Waals surface area contributed by atoms with E-state index >= 15 is 0 Å². The largest absolute Gasteiger partial charge is 0.459 e. The topological polar surface area (TPSA) is 82.8 Å². The molecule has 4 rings (SSSR count). The fourth-order valence-electron chi connectivity index (χ4n) is 3.29. The summed E-state index contributed by atoms with van der Waals surface area (Å²) in [4.78, 5) is 24.9. The lowest BCUT2D eigenvalue weighted by atomic mass is 10.1. The van der Waals surface area contributed by atoms with E-state index < -0.39 is 17.8 Å². The van der Waals surface area contributed by atoms with Crippen molar-refractivity contribution in [3.63, 3.8) is 0 Å². The summed E-state index contributed by atoms with van der Waals surface area (Å²) in [6.07, 6.45) is 1.06. The highest BCUT2D eigenvalue weighted by Crippen LogP contribution is 2.41. The molecule has 3 aromatic rings. The molecule has 0 saturated heterocycles. The third-order valence-corrected chi connectivity index (χ3v) is 5.02. The average molecular weight is 457 g/mol. The average Bonchev–Trinajstić information content (AvgIpc) is 3.49. The van der Waals surface area contributed by atoms with Gasteiger partial charge >= 0.3 is 12.1 Å². The van der Waals surface area contributed by atoms with E-state index in [0.29, 0.717) is 17.0 Å². The molecular formula is C23H22F3N5O2. The van der Waals surface area contributed by atoms with Gasteiger partial charge in [0.1, 0.15) is 12.0 Å². The zero-order valence-electron chi connectivity index (χ0n) is 18.3. The van der Waals surface area contributed by atoms with Gasteiger partial charge in [0.05, 0.1) is 11.7 Å². The Morgan fingerprint density at radius 1 is 1.24 bits per heavy atom. The van der Waals surface area contributed by atoms with E-state index in [-0.39, 0.29) is 29.0 Å². The van der Waals surface area contributed by atoms with Crippen molar-refractivity contribution in [3.05, 3.63) is 59.4 Å². The van der Waals surface area contributed by atoms with Crippen LogP contribution >= 0.6 is 0 Å². The van der Waals surface area contributed by atoms with E-state index in [0.717, 1.165) is 18.9 Å². The normalized spacial score (nSPS) is 14.6. The Morgan fingerprint density at radius 2 is 2.00 bits per heavy atom. The highest BCUT2D eigenvalue weighted by atomic mass is 19.4. The summed E-state index contributed by atoms with van der Waals surface area (Å²) in [5.41, 5.74) is 1.01. The van der Waals surface area contributed by atoms with Crippen molar-refractivity contribution in [2.45, 2.75) is 51.8 Å². The molecule has 0 aliphatic heterocycles. The van der Waals surface area contributed by atoms with Gasteiger partial charge in [0, 0.05) is 40.8 Å². The number of alkyl halides is 3. The van der Waals surface area contributed by atoms with Crippen molar-refractivity contribution in [1.29, 1.82) is 0 Å². The van der Waals surface area contributed by atoms with Crippen LogP contribution in [-0.4, -0.2) is 36.8 Å². The van der Waals surface area contributed by atoms with E-state index in [1.807, 2.05) is 0 Å². The smallest absolute Gasteiger partial charge is 0.433 e. The molecule has 1 aliphatic carbocycles. The van der Waals surface area contributed by atoms with E-state index in [2.05, 4.69) is 20.1 Å². The molecule has 1 fully saturated rings. The van der Waals surface area contributed by atoms with Gasteiger partial charge in [-0.15, -0.1) is 5.10 Å². The Hall–Kier alpha value is -3.56. The van der Waals surface area contributed by atoms with Gasteiger partial charge in [-0.2, -0.15) is 13.2 Å². The molecule has 0 spiro atoms. The standard InChI is InChI=1S/C23H22F3N5O2/c1-13(2)33-22(32)18(17-5-4-8-27-14(17)3)11-31-12-28-21(30-31)16-9-19(15-6-7-15)29-20(10-16)23(24,25)26/h4-5,8-13,15H,6-7H2,1-3H3/b18-11+. The van der Waals surface area contributed by atoms with Gasteiger partial charge in [-0.25, -0.2) is 19.4 Å². The van der Waals surface area contributed by atoms with Gasteiger partial charge in [-0.05, 0) is 51.8 Å². The summed E-state index contributed by atoms with van der Waals surface area (Å²) in [5.74, 6) is -0.447. The minimum Gasteiger partial charge on any atom is -0.459 e. The van der Waals surface area contributed by atoms with Crippen LogP contribution in [0.2, 0.25) is 0 Å². The second-order valence-corrected chi connectivity index (χ2v) is 8.12. The van der Waals surface area contributed by atoms with Crippen LogP contribution in [0, 0.1) is 6.92 Å². The maximum atomic E-state index is 13.4. The van der Waals surface area contributed by atoms with Gasteiger partial charge in [0.15, 0.2) is 5.82 Å². The maximum absolute atomic E-state index is 13.4. The molecule has 0 unspecified atom stereocenters. The van der Waals surface area contributed by atoms with Crippen LogP contribution in [0.1, 0.15) is 55.3 Å². The van der Waals surface area contributed by atoms with Crippen LogP contribution in [0.25, 0.3) is 23.2 Å². The van der Waals surface area contributed by atoms with Crippen LogP contribution in [0.5, 0.6) is 0 Å². The fraction of sp³-hybridized carbons (Fsp3) is 0.348. The quantitative estimate of drug-likeness (QED) is 0.387. The first-order chi connectivity index (χ1) is 15.6. The molecule has 0 N–H and O–H groups in total. The molecule has 7 nitrogen and oxygen atoms in total. The van der Waals surface area contributed by atoms with Crippen molar-refractivity contribution in [1.82, 2.24) is 24.7 Å². The lowest BCUT2D eigenvalue weighted by Gasteiger charge is -2.12. The number of carbonyl (C=O) groups is 1. The third kappa shape index (κ3) is 5.27. The molecule has 10 heteroatoms. The molecule has 3 heterocycles. The molecule has 172 valence electrons. The molecular weight excluding hydrogens is 435 g/mol. The molecule has 0 radical (unpaired) electrons. The van der Waals surface area contributed by atoms with Crippen molar-refractivity contribution in [3.8, 4) is 11.4 Å². The van der Waals surface area contributed by atoms with Crippen molar-refractivity contribution in [2.75, 3.05) is 0 Å². The molecule has 33 heavy (non-hydrogen) atoms. The zero-order valence-corrected chi connectivity index (χ0v) is 18.3. The van der Waals surface area contributed by atoms with Gasteiger partial charge in [-0.1, -0.05) is 6.07 Å². The molecule has 3 aromatic heterocycles. The number of hydrogen-bond acceptors (Lipinski definition) is 6. The molecule has 0 aromatic carbocycles. The predicted octanol–water partition coefficient (Wildman–Crippen LogP) is 4.89.